The fourth-order valence-corrected chi connectivity index (χ4v) is 4.60. The molecule has 6 rings (SSSR count). The lowest BCUT2D eigenvalue weighted by Gasteiger charge is -2.27. The molecule has 0 bridgehead atoms. The summed E-state index contributed by atoms with van der Waals surface area (Å²) in [7, 11) is 0. The third-order valence-electron chi connectivity index (χ3n) is 6.14. The summed E-state index contributed by atoms with van der Waals surface area (Å²) in [5, 5.41) is 21.7. The first kappa shape index (κ1) is 17.8. The van der Waals surface area contributed by atoms with E-state index in [9.17, 15) is 5.26 Å². The summed E-state index contributed by atoms with van der Waals surface area (Å²) in [5.74, 6) is 1.51. The molecule has 0 saturated heterocycles. The summed E-state index contributed by atoms with van der Waals surface area (Å²) in [6.07, 6.45) is 3.20. The summed E-state index contributed by atoms with van der Waals surface area (Å²) in [6.45, 7) is 0.257. The van der Waals surface area contributed by atoms with Gasteiger partial charge in [-0.2, -0.15) is 10.4 Å². The van der Waals surface area contributed by atoms with Gasteiger partial charge in [0.15, 0.2) is 11.5 Å². The van der Waals surface area contributed by atoms with Crippen molar-refractivity contribution in [1.82, 2.24) is 10.2 Å². The van der Waals surface area contributed by atoms with Gasteiger partial charge in [-0.3, -0.25) is 5.10 Å². The lowest BCUT2D eigenvalue weighted by atomic mass is 9.86. The summed E-state index contributed by atoms with van der Waals surface area (Å²) in [6, 6.07) is 20.7. The van der Waals surface area contributed by atoms with Gasteiger partial charge in [0.05, 0.1) is 23.2 Å². The van der Waals surface area contributed by atoms with E-state index in [4.69, 9.17) is 9.47 Å². The topological polar surface area (TPSA) is 83.0 Å². The standard InChI is InChI=1S/C25H20N4O2/c26-13-15-4-7-19-16(10-15)2-1-3-21(19)27-18-6-8-22-20(12-18)25(29-28-22)17-5-9-23-24(11-17)31-14-30-23/h4-12,21,27H,1-3,14H2,(H,28,29)/t21-/m0/s1. The quantitative estimate of drug-likeness (QED) is 0.479. The van der Waals surface area contributed by atoms with Crippen molar-refractivity contribution in [2.45, 2.75) is 25.3 Å². The second-order valence-corrected chi connectivity index (χ2v) is 8.02. The van der Waals surface area contributed by atoms with Crippen molar-refractivity contribution < 1.29 is 9.47 Å². The molecule has 2 N–H and O–H groups in total. The number of aromatic nitrogens is 2. The first-order valence-electron chi connectivity index (χ1n) is 10.5. The van der Waals surface area contributed by atoms with Crippen molar-refractivity contribution in [3.63, 3.8) is 0 Å². The lowest BCUT2D eigenvalue weighted by molar-refractivity contribution is 0.174. The van der Waals surface area contributed by atoms with Crippen LogP contribution in [0.1, 0.15) is 35.6 Å². The maximum absolute atomic E-state index is 9.20. The number of hydrogen-bond acceptors (Lipinski definition) is 5. The van der Waals surface area contributed by atoms with Gasteiger partial charge in [-0.25, -0.2) is 0 Å². The van der Waals surface area contributed by atoms with Crippen LogP contribution in [0.2, 0.25) is 0 Å². The van der Waals surface area contributed by atoms with Crippen molar-refractivity contribution >= 4 is 16.6 Å². The summed E-state index contributed by atoms with van der Waals surface area (Å²) < 4.78 is 11.0. The molecule has 6 nitrogen and oxygen atoms in total. The van der Waals surface area contributed by atoms with E-state index in [1.54, 1.807) is 0 Å². The zero-order valence-electron chi connectivity index (χ0n) is 16.8. The maximum atomic E-state index is 9.20. The minimum Gasteiger partial charge on any atom is -0.454 e. The maximum Gasteiger partial charge on any atom is 0.231 e. The number of ether oxygens (including phenoxy) is 2. The molecule has 1 aliphatic carbocycles. The monoisotopic (exact) mass is 408 g/mol. The molecule has 0 spiro atoms. The van der Waals surface area contributed by atoms with Gasteiger partial charge >= 0.3 is 0 Å². The highest BCUT2D eigenvalue weighted by atomic mass is 16.7. The van der Waals surface area contributed by atoms with E-state index < -0.39 is 0 Å². The van der Waals surface area contributed by atoms with E-state index >= 15 is 0 Å². The van der Waals surface area contributed by atoms with Crippen LogP contribution in [0.3, 0.4) is 0 Å². The molecule has 2 aliphatic rings. The Labute approximate surface area is 179 Å². The molecule has 4 aromatic rings. The smallest absolute Gasteiger partial charge is 0.231 e. The molecule has 6 heteroatoms. The highest BCUT2D eigenvalue weighted by Gasteiger charge is 2.21. The van der Waals surface area contributed by atoms with Crippen molar-refractivity contribution in [3.8, 4) is 28.8 Å². The zero-order chi connectivity index (χ0) is 20.8. The molecule has 0 amide bonds. The SMILES string of the molecule is N#Cc1ccc2c(c1)CCC[C@@H]2Nc1ccc2[nH]nc(-c3ccc4c(c3)OCO4)c2c1. The van der Waals surface area contributed by atoms with Crippen LogP contribution in [0.4, 0.5) is 5.69 Å². The van der Waals surface area contributed by atoms with Crippen LogP contribution in [0, 0.1) is 11.3 Å². The minimum absolute atomic E-state index is 0.231. The van der Waals surface area contributed by atoms with Crippen molar-refractivity contribution in [3.05, 3.63) is 71.3 Å². The number of aryl methyl sites for hydroxylation is 1. The molecule has 1 atom stereocenters. The molecule has 31 heavy (non-hydrogen) atoms. The molecule has 0 radical (unpaired) electrons. The number of rotatable bonds is 3. The van der Waals surface area contributed by atoms with Crippen LogP contribution >= 0.6 is 0 Å². The van der Waals surface area contributed by atoms with Crippen molar-refractivity contribution in [1.29, 1.82) is 5.26 Å². The molecule has 0 unspecified atom stereocenters. The number of nitrogens with one attached hydrogen (secondary N) is 2. The molecule has 152 valence electrons. The van der Waals surface area contributed by atoms with Gasteiger partial charge in [-0.05, 0) is 78.9 Å². The Morgan fingerprint density at radius 2 is 1.97 bits per heavy atom. The van der Waals surface area contributed by atoms with Gasteiger partial charge in [-0.1, -0.05) is 6.07 Å². The van der Waals surface area contributed by atoms with Crippen molar-refractivity contribution in [2.75, 3.05) is 12.1 Å². The Kier molecular flexibility index (Phi) is 4.07. The molecule has 0 saturated carbocycles. The highest BCUT2D eigenvalue weighted by molar-refractivity contribution is 5.95. The second kappa shape index (κ2) is 7.06. The van der Waals surface area contributed by atoms with Gasteiger partial charge in [-0.15, -0.1) is 0 Å². The Morgan fingerprint density at radius 3 is 2.90 bits per heavy atom. The molecule has 0 fully saturated rings. The van der Waals surface area contributed by atoms with E-state index in [0.717, 1.165) is 64.2 Å². The fourth-order valence-electron chi connectivity index (χ4n) is 4.60. The number of nitrogens with zero attached hydrogens (tertiary/aromatic N) is 2. The third-order valence-corrected chi connectivity index (χ3v) is 6.14. The predicted molar refractivity (Wildman–Crippen MR) is 118 cm³/mol. The highest BCUT2D eigenvalue weighted by Crippen LogP contribution is 2.38. The predicted octanol–water partition coefficient (Wildman–Crippen LogP) is 5.32. The normalized spacial score (nSPS) is 16.7. The largest absolute Gasteiger partial charge is 0.454 e. The summed E-state index contributed by atoms with van der Waals surface area (Å²) in [5.41, 5.74) is 7.20. The fraction of sp³-hybridized carbons (Fsp3) is 0.200. The van der Waals surface area contributed by atoms with E-state index in [1.165, 1.54) is 11.1 Å². The number of hydrogen-bond donors (Lipinski definition) is 2. The number of H-pyrrole nitrogens is 1. The number of nitriles is 1. The van der Waals surface area contributed by atoms with Crippen molar-refractivity contribution in [2.24, 2.45) is 0 Å². The Morgan fingerprint density at radius 1 is 1.03 bits per heavy atom. The molecule has 1 aliphatic heterocycles. The van der Waals surface area contributed by atoms with E-state index in [1.807, 2.05) is 30.3 Å². The van der Waals surface area contributed by atoms with E-state index in [-0.39, 0.29) is 12.8 Å². The zero-order valence-corrected chi connectivity index (χ0v) is 16.8. The third kappa shape index (κ3) is 3.06. The molecule has 2 heterocycles. The van der Waals surface area contributed by atoms with Gasteiger partial charge < -0.3 is 14.8 Å². The molecular weight excluding hydrogens is 388 g/mol. The average molecular weight is 408 g/mol. The van der Waals surface area contributed by atoms with Crippen LogP contribution in [-0.4, -0.2) is 17.0 Å². The molecular formula is C25H20N4O2. The number of anilines is 1. The second-order valence-electron chi connectivity index (χ2n) is 8.02. The Balaban J connectivity index is 1.34. The van der Waals surface area contributed by atoms with Crippen LogP contribution < -0.4 is 14.8 Å². The minimum atomic E-state index is 0.231. The van der Waals surface area contributed by atoms with Gasteiger partial charge in [0.25, 0.3) is 0 Å². The van der Waals surface area contributed by atoms with Crippen LogP contribution in [0.15, 0.2) is 54.6 Å². The first-order chi connectivity index (χ1) is 15.3. The number of aromatic amines is 1. The van der Waals surface area contributed by atoms with Gasteiger partial charge in [0.1, 0.15) is 5.69 Å². The first-order valence-corrected chi connectivity index (χ1v) is 10.5. The van der Waals surface area contributed by atoms with Gasteiger partial charge in [0, 0.05) is 16.6 Å². The van der Waals surface area contributed by atoms with E-state index in [0.29, 0.717) is 0 Å². The Hall–Kier alpha value is -3.98. The van der Waals surface area contributed by atoms with Crippen LogP contribution in [-0.2, 0) is 6.42 Å². The summed E-state index contributed by atoms with van der Waals surface area (Å²) >= 11 is 0. The number of benzene rings is 3. The van der Waals surface area contributed by atoms with Crippen LogP contribution in [0.25, 0.3) is 22.2 Å². The lowest BCUT2D eigenvalue weighted by Crippen LogP contribution is -2.17. The summed E-state index contributed by atoms with van der Waals surface area (Å²) in [4.78, 5) is 0. The average Bonchev–Trinajstić information content (AvgIpc) is 3.45. The number of fused-ring (bicyclic) bond motifs is 3. The van der Waals surface area contributed by atoms with E-state index in [2.05, 4.69) is 45.8 Å². The molecule has 3 aromatic carbocycles. The van der Waals surface area contributed by atoms with Gasteiger partial charge in [0.2, 0.25) is 6.79 Å². The Bertz CT molecular complexity index is 1350. The van der Waals surface area contributed by atoms with Crippen LogP contribution in [0.5, 0.6) is 11.5 Å². The molecule has 1 aromatic heterocycles.